The Kier molecular flexibility index (Phi) is 5.64. The van der Waals surface area contributed by atoms with E-state index in [4.69, 9.17) is 0 Å². The minimum absolute atomic E-state index is 0.0106. The number of aryl methyl sites for hydroxylation is 2. The molecule has 0 aliphatic carbocycles. The van der Waals surface area contributed by atoms with E-state index in [1.165, 1.54) is 4.88 Å². The molecule has 3 N–H and O–H groups in total. The molecule has 1 amide bonds. The Morgan fingerprint density at radius 1 is 1.08 bits per heavy atom. The zero-order valence-corrected chi connectivity index (χ0v) is 15.3. The fraction of sp³-hybridized carbons (Fsp3) is 0.190. The molecule has 0 radical (unpaired) electrons. The Labute approximate surface area is 152 Å². The summed E-state index contributed by atoms with van der Waals surface area (Å²) in [5.41, 5.74) is 4.11. The van der Waals surface area contributed by atoms with Crippen molar-refractivity contribution in [3.8, 4) is 0 Å². The summed E-state index contributed by atoms with van der Waals surface area (Å²) in [5.74, 6) is 0.0106. The van der Waals surface area contributed by atoms with Crippen molar-refractivity contribution in [1.82, 2.24) is 0 Å². The molecular weight excluding hydrogens is 328 g/mol. The second-order valence-electron chi connectivity index (χ2n) is 6.22. The van der Waals surface area contributed by atoms with Crippen molar-refractivity contribution >= 4 is 22.9 Å². The van der Waals surface area contributed by atoms with E-state index in [9.17, 15) is 4.79 Å². The number of hydrogen-bond donors (Lipinski definition) is 2. The fourth-order valence-electron chi connectivity index (χ4n) is 2.80. The highest BCUT2D eigenvalue weighted by molar-refractivity contribution is 7.09. The highest BCUT2D eigenvalue weighted by Crippen LogP contribution is 2.19. The Balaban J connectivity index is 1.80. The molecule has 0 unspecified atom stereocenters. The van der Waals surface area contributed by atoms with Gasteiger partial charge in [-0.1, -0.05) is 48.5 Å². The van der Waals surface area contributed by atoms with Gasteiger partial charge in [-0.3, -0.25) is 4.79 Å². The van der Waals surface area contributed by atoms with E-state index in [1.807, 2.05) is 62.4 Å². The molecule has 0 aliphatic rings. The van der Waals surface area contributed by atoms with Crippen LogP contribution in [0.5, 0.6) is 0 Å². The van der Waals surface area contributed by atoms with Crippen molar-refractivity contribution in [1.29, 1.82) is 0 Å². The Hall–Kier alpha value is -2.43. The van der Waals surface area contributed by atoms with Crippen LogP contribution in [-0.4, -0.2) is 5.91 Å². The standard InChI is InChI=1S/C21H22N2OS/c1-15-10-11-16(2)19(13-15)23-21(24)20(17-7-4-3-5-8-17)22-14-18-9-6-12-25-18/h3-13,20,22H,14H2,1-2H3,(H,23,24)/p+1/t20-/m0/s1. The Morgan fingerprint density at radius 2 is 1.88 bits per heavy atom. The highest BCUT2D eigenvalue weighted by atomic mass is 32.1. The van der Waals surface area contributed by atoms with Crippen molar-refractivity contribution in [3.63, 3.8) is 0 Å². The van der Waals surface area contributed by atoms with Gasteiger partial charge in [-0.15, -0.1) is 11.3 Å². The van der Waals surface area contributed by atoms with Crippen molar-refractivity contribution in [2.75, 3.05) is 5.32 Å². The Bertz CT molecular complexity index is 828. The molecular formula is C21H23N2OS+. The molecule has 1 aromatic heterocycles. The summed E-state index contributed by atoms with van der Waals surface area (Å²) in [6, 6.07) is 19.9. The largest absolute Gasteiger partial charge is 0.328 e. The second kappa shape index (κ2) is 8.10. The van der Waals surface area contributed by atoms with Crippen LogP contribution in [-0.2, 0) is 11.3 Å². The van der Waals surface area contributed by atoms with E-state index < -0.39 is 0 Å². The maximum atomic E-state index is 13.0. The normalized spacial score (nSPS) is 11.9. The van der Waals surface area contributed by atoms with Gasteiger partial charge in [0, 0.05) is 11.3 Å². The lowest BCUT2D eigenvalue weighted by molar-refractivity contribution is -0.697. The summed E-state index contributed by atoms with van der Waals surface area (Å²) >= 11 is 1.72. The van der Waals surface area contributed by atoms with E-state index in [0.717, 1.165) is 28.9 Å². The predicted molar refractivity (Wildman–Crippen MR) is 104 cm³/mol. The molecule has 3 nitrogen and oxygen atoms in total. The van der Waals surface area contributed by atoms with Gasteiger partial charge in [0.05, 0.1) is 4.88 Å². The lowest BCUT2D eigenvalue weighted by atomic mass is 10.1. The molecule has 128 valence electrons. The van der Waals surface area contributed by atoms with Crippen LogP contribution in [0.4, 0.5) is 5.69 Å². The quantitative estimate of drug-likeness (QED) is 0.697. The minimum atomic E-state index is -0.275. The molecule has 0 saturated heterocycles. The van der Waals surface area contributed by atoms with Gasteiger partial charge in [0.25, 0.3) is 5.91 Å². The smallest absolute Gasteiger partial charge is 0.287 e. The first-order valence-corrected chi connectivity index (χ1v) is 9.30. The lowest BCUT2D eigenvalue weighted by Gasteiger charge is -2.17. The predicted octanol–water partition coefficient (Wildman–Crippen LogP) is 3.81. The minimum Gasteiger partial charge on any atom is -0.328 e. The van der Waals surface area contributed by atoms with E-state index >= 15 is 0 Å². The van der Waals surface area contributed by atoms with Gasteiger partial charge >= 0.3 is 0 Å². The lowest BCUT2D eigenvalue weighted by Crippen LogP contribution is -2.85. The summed E-state index contributed by atoms with van der Waals surface area (Å²) in [4.78, 5) is 14.3. The maximum absolute atomic E-state index is 13.0. The van der Waals surface area contributed by atoms with Gasteiger partial charge in [-0.05, 0) is 42.5 Å². The van der Waals surface area contributed by atoms with Crippen LogP contribution in [0.1, 0.15) is 27.6 Å². The molecule has 0 aliphatic heterocycles. The first kappa shape index (κ1) is 17.4. The second-order valence-corrected chi connectivity index (χ2v) is 7.25. The number of quaternary nitrogens is 1. The van der Waals surface area contributed by atoms with Crippen LogP contribution < -0.4 is 10.6 Å². The van der Waals surface area contributed by atoms with Gasteiger partial charge in [0.1, 0.15) is 6.54 Å². The van der Waals surface area contributed by atoms with Crippen LogP contribution in [0.3, 0.4) is 0 Å². The summed E-state index contributed by atoms with van der Waals surface area (Å²) in [6.07, 6.45) is 0. The number of hydrogen-bond acceptors (Lipinski definition) is 2. The molecule has 0 saturated carbocycles. The number of benzene rings is 2. The van der Waals surface area contributed by atoms with Crippen molar-refractivity contribution in [3.05, 3.63) is 87.6 Å². The van der Waals surface area contributed by atoms with Crippen LogP contribution in [0.15, 0.2) is 66.0 Å². The average molecular weight is 351 g/mol. The zero-order valence-electron chi connectivity index (χ0n) is 14.5. The Morgan fingerprint density at radius 3 is 2.60 bits per heavy atom. The molecule has 3 aromatic rings. The summed E-state index contributed by atoms with van der Waals surface area (Å²) in [6.45, 7) is 4.84. The summed E-state index contributed by atoms with van der Waals surface area (Å²) in [5, 5.41) is 7.28. The number of rotatable bonds is 6. The highest BCUT2D eigenvalue weighted by Gasteiger charge is 2.24. The number of anilines is 1. The van der Waals surface area contributed by atoms with E-state index in [-0.39, 0.29) is 11.9 Å². The van der Waals surface area contributed by atoms with Gasteiger partial charge in [-0.2, -0.15) is 0 Å². The van der Waals surface area contributed by atoms with Crippen molar-refractivity contribution < 1.29 is 10.1 Å². The molecule has 0 spiro atoms. The summed E-state index contributed by atoms with van der Waals surface area (Å²) < 4.78 is 0. The molecule has 2 aromatic carbocycles. The number of thiophene rings is 1. The van der Waals surface area contributed by atoms with Crippen LogP contribution >= 0.6 is 11.3 Å². The molecule has 25 heavy (non-hydrogen) atoms. The molecule has 0 fully saturated rings. The number of carbonyl (C=O) groups is 1. The number of nitrogens with one attached hydrogen (secondary N) is 1. The molecule has 3 rings (SSSR count). The van der Waals surface area contributed by atoms with Gasteiger partial charge in [0.15, 0.2) is 6.04 Å². The zero-order chi connectivity index (χ0) is 17.6. The van der Waals surface area contributed by atoms with E-state index in [2.05, 4.69) is 28.1 Å². The third-order valence-electron chi connectivity index (χ3n) is 4.23. The van der Waals surface area contributed by atoms with E-state index in [0.29, 0.717) is 0 Å². The van der Waals surface area contributed by atoms with Crippen LogP contribution in [0, 0.1) is 13.8 Å². The molecule has 1 atom stereocenters. The molecule has 1 heterocycles. The number of carbonyl (C=O) groups excluding carboxylic acids is 1. The average Bonchev–Trinajstić information content (AvgIpc) is 3.13. The van der Waals surface area contributed by atoms with Crippen LogP contribution in [0.25, 0.3) is 0 Å². The van der Waals surface area contributed by atoms with Crippen molar-refractivity contribution in [2.24, 2.45) is 0 Å². The van der Waals surface area contributed by atoms with Gasteiger partial charge < -0.3 is 10.6 Å². The monoisotopic (exact) mass is 351 g/mol. The first-order chi connectivity index (χ1) is 12.1. The van der Waals surface area contributed by atoms with E-state index in [1.54, 1.807) is 11.3 Å². The fourth-order valence-corrected chi connectivity index (χ4v) is 3.48. The number of nitrogens with two attached hydrogens (primary N) is 1. The maximum Gasteiger partial charge on any atom is 0.287 e. The molecule has 4 heteroatoms. The summed E-state index contributed by atoms with van der Waals surface area (Å²) in [7, 11) is 0. The van der Waals surface area contributed by atoms with Gasteiger partial charge in [0.2, 0.25) is 0 Å². The molecule has 0 bridgehead atoms. The topological polar surface area (TPSA) is 45.7 Å². The van der Waals surface area contributed by atoms with Crippen LogP contribution in [0.2, 0.25) is 0 Å². The number of amides is 1. The third kappa shape index (κ3) is 4.56. The van der Waals surface area contributed by atoms with Gasteiger partial charge in [-0.25, -0.2) is 0 Å². The SMILES string of the molecule is Cc1ccc(C)c(NC(=O)[C@@H]([NH2+]Cc2cccs2)c2ccccc2)c1. The first-order valence-electron chi connectivity index (χ1n) is 8.42. The third-order valence-corrected chi connectivity index (χ3v) is 5.13. The van der Waals surface area contributed by atoms with Crippen molar-refractivity contribution in [2.45, 2.75) is 26.4 Å².